The van der Waals surface area contributed by atoms with Crippen LogP contribution in [-0.4, -0.2) is 24.5 Å². The maximum atomic E-state index is 12.8. The first-order valence-corrected chi connectivity index (χ1v) is 8.22. The summed E-state index contributed by atoms with van der Waals surface area (Å²) in [6.45, 7) is 7.47. The Morgan fingerprint density at radius 3 is 2.41 bits per heavy atom. The SMILES string of the molecule is CC1C[C@@H]2CN(CC(C)c3cccc(C(F)(F)F)c3)C[C@@H]2C1. The second-order valence-corrected chi connectivity index (χ2v) is 7.34. The van der Waals surface area contributed by atoms with Gasteiger partial charge in [0.2, 0.25) is 0 Å². The topological polar surface area (TPSA) is 3.24 Å². The fourth-order valence-corrected chi connectivity index (χ4v) is 4.36. The Bertz CT molecular complexity index is 511. The predicted octanol–water partition coefficient (Wildman–Crippen LogP) is 4.79. The highest BCUT2D eigenvalue weighted by atomic mass is 19.4. The first-order chi connectivity index (χ1) is 10.3. The van der Waals surface area contributed by atoms with Gasteiger partial charge in [-0.3, -0.25) is 0 Å². The fraction of sp³-hybridized carbons (Fsp3) is 0.667. The molecule has 2 unspecified atom stereocenters. The Balaban J connectivity index is 1.62. The summed E-state index contributed by atoms with van der Waals surface area (Å²) < 4.78 is 38.5. The number of alkyl halides is 3. The summed E-state index contributed by atoms with van der Waals surface area (Å²) in [5.74, 6) is 2.60. The van der Waals surface area contributed by atoms with Crippen LogP contribution >= 0.6 is 0 Å². The number of benzene rings is 1. The van der Waals surface area contributed by atoms with Crippen molar-refractivity contribution in [3.8, 4) is 0 Å². The van der Waals surface area contributed by atoms with Crippen LogP contribution < -0.4 is 0 Å². The van der Waals surface area contributed by atoms with E-state index in [1.807, 2.05) is 13.0 Å². The lowest BCUT2D eigenvalue weighted by molar-refractivity contribution is -0.137. The molecule has 1 aromatic rings. The number of fused-ring (bicyclic) bond motifs is 1. The van der Waals surface area contributed by atoms with E-state index >= 15 is 0 Å². The number of nitrogens with zero attached hydrogens (tertiary/aromatic N) is 1. The van der Waals surface area contributed by atoms with Gasteiger partial charge in [-0.15, -0.1) is 0 Å². The zero-order valence-electron chi connectivity index (χ0n) is 13.2. The van der Waals surface area contributed by atoms with Gasteiger partial charge in [-0.25, -0.2) is 0 Å². The highest BCUT2D eigenvalue weighted by Crippen LogP contribution is 2.41. The fourth-order valence-electron chi connectivity index (χ4n) is 4.36. The van der Waals surface area contributed by atoms with E-state index in [0.29, 0.717) is 0 Å². The molecule has 0 N–H and O–H groups in total. The van der Waals surface area contributed by atoms with Crippen molar-refractivity contribution in [2.75, 3.05) is 19.6 Å². The molecule has 0 aromatic heterocycles. The van der Waals surface area contributed by atoms with Crippen molar-refractivity contribution in [1.82, 2.24) is 4.90 Å². The third-order valence-corrected chi connectivity index (χ3v) is 5.38. The Kier molecular flexibility index (Phi) is 4.23. The zero-order valence-corrected chi connectivity index (χ0v) is 13.2. The molecule has 1 saturated heterocycles. The van der Waals surface area contributed by atoms with E-state index < -0.39 is 11.7 Å². The van der Waals surface area contributed by atoms with E-state index in [1.165, 1.54) is 25.0 Å². The molecule has 22 heavy (non-hydrogen) atoms. The average Bonchev–Trinajstić information content (AvgIpc) is 2.94. The van der Waals surface area contributed by atoms with Crippen LogP contribution in [0.25, 0.3) is 0 Å². The van der Waals surface area contributed by atoms with Crippen LogP contribution in [0.3, 0.4) is 0 Å². The second-order valence-electron chi connectivity index (χ2n) is 7.34. The van der Waals surface area contributed by atoms with E-state index in [9.17, 15) is 13.2 Å². The van der Waals surface area contributed by atoms with Gasteiger partial charge in [0.1, 0.15) is 0 Å². The Morgan fingerprint density at radius 1 is 1.18 bits per heavy atom. The van der Waals surface area contributed by atoms with Gasteiger partial charge >= 0.3 is 6.18 Å². The Labute approximate surface area is 130 Å². The van der Waals surface area contributed by atoms with Gasteiger partial charge in [-0.2, -0.15) is 13.2 Å². The molecule has 1 saturated carbocycles. The standard InChI is InChI=1S/C18H24F3N/c1-12-6-15-10-22(11-16(15)7-12)9-13(2)14-4-3-5-17(8-14)18(19,20)21/h3-5,8,12-13,15-16H,6-7,9-11H2,1-2H3/t12?,13?,15-,16+. The van der Waals surface area contributed by atoms with Crippen molar-refractivity contribution in [3.63, 3.8) is 0 Å². The highest BCUT2D eigenvalue weighted by Gasteiger charge is 2.39. The number of rotatable bonds is 3. The largest absolute Gasteiger partial charge is 0.416 e. The molecule has 0 amide bonds. The molecule has 4 atom stereocenters. The monoisotopic (exact) mass is 311 g/mol. The summed E-state index contributed by atoms with van der Waals surface area (Å²) >= 11 is 0. The van der Waals surface area contributed by atoms with Gasteiger partial charge in [0.05, 0.1) is 5.56 Å². The van der Waals surface area contributed by atoms with Crippen LogP contribution in [0.1, 0.15) is 43.7 Å². The van der Waals surface area contributed by atoms with E-state index in [1.54, 1.807) is 0 Å². The normalized spacial score (nSPS) is 30.5. The molecule has 122 valence electrons. The van der Waals surface area contributed by atoms with Crippen molar-refractivity contribution < 1.29 is 13.2 Å². The maximum Gasteiger partial charge on any atom is 0.416 e. The van der Waals surface area contributed by atoms with E-state index in [0.717, 1.165) is 49.0 Å². The number of hydrogen-bond acceptors (Lipinski definition) is 1. The van der Waals surface area contributed by atoms with Gasteiger partial charge in [-0.1, -0.05) is 32.0 Å². The van der Waals surface area contributed by atoms with Crippen LogP contribution in [0.5, 0.6) is 0 Å². The van der Waals surface area contributed by atoms with Crippen LogP contribution in [0.2, 0.25) is 0 Å². The van der Waals surface area contributed by atoms with E-state index in [2.05, 4.69) is 11.8 Å². The molecule has 1 heterocycles. The van der Waals surface area contributed by atoms with Crippen molar-refractivity contribution in [2.45, 2.75) is 38.8 Å². The van der Waals surface area contributed by atoms with Crippen molar-refractivity contribution in [3.05, 3.63) is 35.4 Å². The van der Waals surface area contributed by atoms with Gasteiger partial charge in [-0.05, 0) is 48.1 Å². The Hall–Kier alpha value is -1.03. The van der Waals surface area contributed by atoms with Crippen LogP contribution in [-0.2, 0) is 6.18 Å². The van der Waals surface area contributed by atoms with Gasteiger partial charge in [0.25, 0.3) is 0 Å². The van der Waals surface area contributed by atoms with Crippen molar-refractivity contribution in [1.29, 1.82) is 0 Å². The number of hydrogen-bond donors (Lipinski definition) is 0. The minimum absolute atomic E-state index is 0.138. The molecule has 0 bridgehead atoms. The summed E-state index contributed by atoms with van der Waals surface area (Å²) in [6.07, 6.45) is -1.62. The highest BCUT2D eigenvalue weighted by molar-refractivity contribution is 5.28. The molecule has 4 heteroatoms. The van der Waals surface area contributed by atoms with Gasteiger partial charge in [0.15, 0.2) is 0 Å². The van der Waals surface area contributed by atoms with Crippen LogP contribution in [0.15, 0.2) is 24.3 Å². The average molecular weight is 311 g/mol. The lowest BCUT2D eigenvalue weighted by Gasteiger charge is -2.23. The number of halogens is 3. The summed E-state index contributed by atoms with van der Waals surface area (Å²) in [5, 5.41) is 0. The van der Waals surface area contributed by atoms with E-state index in [4.69, 9.17) is 0 Å². The van der Waals surface area contributed by atoms with E-state index in [-0.39, 0.29) is 5.92 Å². The Morgan fingerprint density at radius 2 is 1.82 bits per heavy atom. The minimum Gasteiger partial charge on any atom is -0.302 e. The van der Waals surface area contributed by atoms with Gasteiger partial charge in [0, 0.05) is 19.6 Å². The molecule has 1 aliphatic carbocycles. The van der Waals surface area contributed by atoms with Crippen LogP contribution in [0, 0.1) is 17.8 Å². The molecular formula is C18H24F3N. The third-order valence-electron chi connectivity index (χ3n) is 5.38. The zero-order chi connectivity index (χ0) is 15.9. The lowest BCUT2D eigenvalue weighted by atomic mass is 9.98. The molecular weight excluding hydrogens is 287 g/mol. The summed E-state index contributed by atoms with van der Waals surface area (Å²) in [4.78, 5) is 2.45. The molecule has 1 aliphatic heterocycles. The summed E-state index contributed by atoms with van der Waals surface area (Å²) in [7, 11) is 0. The first-order valence-electron chi connectivity index (χ1n) is 8.22. The molecule has 1 nitrogen and oxygen atoms in total. The van der Waals surface area contributed by atoms with Gasteiger partial charge < -0.3 is 4.90 Å². The summed E-state index contributed by atoms with van der Waals surface area (Å²) in [6, 6.07) is 5.80. The molecule has 0 radical (unpaired) electrons. The first kappa shape index (κ1) is 15.9. The third kappa shape index (κ3) is 3.32. The molecule has 2 aliphatic rings. The number of likely N-dealkylation sites (tertiary alicyclic amines) is 1. The lowest BCUT2D eigenvalue weighted by Crippen LogP contribution is -2.27. The van der Waals surface area contributed by atoms with Crippen LogP contribution in [0.4, 0.5) is 13.2 Å². The minimum atomic E-state index is -4.25. The quantitative estimate of drug-likeness (QED) is 0.776. The second kappa shape index (κ2) is 5.88. The van der Waals surface area contributed by atoms with Crippen molar-refractivity contribution >= 4 is 0 Å². The molecule has 3 rings (SSSR count). The molecule has 2 fully saturated rings. The molecule has 0 spiro atoms. The van der Waals surface area contributed by atoms with Crippen molar-refractivity contribution in [2.24, 2.45) is 17.8 Å². The predicted molar refractivity (Wildman–Crippen MR) is 81.7 cm³/mol. The smallest absolute Gasteiger partial charge is 0.302 e. The summed E-state index contributed by atoms with van der Waals surface area (Å²) in [5.41, 5.74) is 0.254. The molecule has 1 aromatic carbocycles. The maximum absolute atomic E-state index is 12.8.